The first-order valence-corrected chi connectivity index (χ1v) is 10.0. The van der Waals surface area contributed by atoms with Gasteiger partial charge in [0.2, 0.25) is 5.91 Å². The highest BCUT2D eigenvalue weighted by Gasteiger charge is 2.35. The highest BCUT2D eigenvalue weighted by Crippen LogP contribution is 2.23. The molecular formula is C21H31N3O2. The van der Waals surface area contributed by atoms with E-state index in [1.165, 1.54) is 24.9 Å². The second-order valence-electron chi connectivity index (χ2n) is 7.51. The number of hydrogen-bond donors (Lipinski definition) is 0. The minimum absolute atomic E-state index is 0.0160. The highest BCUT2D eigenvalue weighted by atomic mass is 16.2. The van der Waals surface area contributed by atoms with Crippen LogP contribution in [-0.4, -0.2) is 60.9 Å². The van der Waals surface area contributed by atoms with Crippen molar-refractivity contribution < 1.29 is 9.59 Å². The molecule has 2 heterocycles. The lowest BCUT2D eigenvalue weighted by molar-refractivity contribution is -0.138. The quantitative estimate of drug-likeness (QED) is 0.813. The zero-order valence-electron chi connectivity index (χ0n) is 16.1. The molecule has 1 atom stereocenters. The molecule has 142 valence electrons. The number of likely N-dealkylation sites (N-methyl/N-ethyl adjacent to an activating group) is 1. The van der Waals surface area contributed by atoms with Crippen molar-refractivity contribution in [2.45, 2.75) is 51.5 Å². The van der Waals surface area contributed by atoms with Crippen molar-refractivity contribution in [2.75, 3.05) is 38.1 Å². The van der Waals surface area contributed by atoms with Gasteiger partial charge in [0.05, 0.1) is 0 Å². The third-order valence-electron chi connectivity index (χ3n) is 5.64. The molecule has 1 unspecified atom stereocenters. The Labute approximate surface area is 156 Å². The average Bonchev–Trinajstić information content (AvgIpc) is 2.69. The number of benzene rings is 1. The predicted octanol–water partition coefficient (Wildman–Crippen LogP) is 3.15. The molecule has 0 radical (unpaired) electrons. The summed E-state index contributed by atoms with van der Waals surface area (Å²) in [6.07, 6.45) is 6.52. The SMILES string of the molecule is CCCCC1C(=O)N(C)CCN1C(=O)c1ccc(N2CCCCC2)cc1. The van der Waals surface area contributed by atoms with Crippen molar-refractivity contribution in [3.8, 4) is 0 Å². The number of anilines is 1. The third kappa shape index (κ3) is 4.02. The normalized spacial score (nSPS) is 21.2. The smallest absolute Gasteiger partial charge is 0.254 e. The van der Waals surface area contributed by atoms with E-state index in [1.807, 2.05) is 19.2 Å². The number of nitrogens with zero attached hydrogens (tertiary/aromatic N) is 3. The first-order chi connectivity index (χ1) is 12.6. The molecule has 0 aliphatic carbocycles. The summed E-state index contributed by atoms with van der Waals surface area (Å²) in [4.78, 5) is 31.5. The fourth-order valence-electron chi connectivity index (χ4n) is 3.96. The van der Waals surface area contributed by atoms with Gasteiger partial charge in [-0.05, 0) is 49.9 Å². The summed E-state index contributed by atoms with van der Waals surface area (Å²) >= 11 is 0. The molecule has 26 heavy (non-hydrogen) atoms. The maximum atomic E-state index is 13.1. The summed E-state index contributed by atoms with van der Waals surface area (Å²) in [5.74, 6) is 0.0562. The zero-order valence-corrected chi connectivity index (χ0v) is 16.1. The van der Waals surface area contributed by atoms with Crippen LogP contribution in [0.25, 0.3) is 0 Å². The molecule has 2 saturated heterocycles. The van der Waals surface area contributed by atoms with Gasteiger partial charge in [-0.1, -0.05) is 19.8 Å². The first kappa shape index (κ1) is 18.7. The number of carbonyl (C=O) groups excluding carboxylic acids is 2. The molecule has 2 amide bonds. The molecule has 3 rings (SSSR count). The van der Waals surface area contributed by atoms with Gasteiger partial charge in [-0.2, -0.15) is 0 Å². The van der Waals surface area contributed by atoms with Crippen LogP contribution in [-0.2, 0) is 4.79 Å². The summed E-state index contributed by atoms with van der Waals surface area (Å²) in [5.41, 5.74) is 1.88. The van der Waals surface area contributed by atoms with Crippen molar-refractivity contribution in [1.29, 1.82) is 0 Å². The fourth-order valence-corrected chi connectivity index (χ4v) is 3.96. The molecule has 0 bridgehead atoms. The molecule has 2 aliphatic rings. The number of hydrogen-bond acceptors (Lipinski definition) is 3. The molecule has 0 saturated carbocycles. The molecule has 1 aromatic carbocycles. The zero-order chi connectivity index (χ0) is 18.5. The highest BCUT2D eigenvalue weighted by molar-refractivity contribution is 5.98. The summed E-state index contributed by atoms with van der Waals surface area (Å²) in [6.45, 7) is 5.53. The number of piperazine rings is 1. The largest absolute Gasteiger partial charge is 0.372 e. The van der Waals surface area contributed by atoms with Crippen LogP contribution in [0.3, 0.4) is 0 Å². The van der Waals surface area contributed by atoms with Crippen LogP contribution in [0.2, 0.25) is 0 Å². The van der Waals surface area contributed by atoms with Gasteiger partial charge >= 0.3 is 0 Å². The second kappa shape index (κ2) is 8.56. The van der Waals surface area contributed by atoms with Crippen LogP contribution >= 0.6 is 0 Å². The molecule has 5 nitrogen and oxygen atoms in total. The van der Waals surface area contributed by atoms with Gasteiger partial charge in [0, 0.05) is 44.5 Å². The van der Waals surface area contributed by atoms with Crippen LogP contribution in [0.4, 0.5) is 5.69 Å². The van der Waals surface area contributed by atoms with E-state index in [9.17, 15) is 9.59 Å². The van der Waals surface area contributed by atoms with Crippen LogP contribution in [0.5, 0.6) is 0 Å². The number of carbonyl (C=O) groups is 2. The van der Waals surface area contributed by atoms with Gasteiger partial charge in [0.15, 0.2) is 0 Å². The van der Waals surface area contributed by atoms with Crippen LogP contribution < -0.4 is 4.90 Å². The van der Waals surface area contributed by atoms with Crippen molar-refractivity contribution in [3.05, 3.63) is 29.8 Å². The van der Waals surface area contributed by atoms with Crippen LogP contribution in [0.1, 0.15) is 55.8 Å². The minimum atomic E-state index is -0.317. The fraction of sp³-hybridized carbons (Fsp3) is 0.619. The van der Waals surface area contributed by atoms with Gasteiger partial charge in [0.25, 0.3) is 5.91 Å². The standard InChI is InChI=1S/C21H31N3O2/c1-3-4-8-19-21(26)22(2)15-16-24(19)20(25)17-9-11-18(12-10-17)23-13-6-5-7-14-23/h9-12,19H,3-8,13-16H2,1-2H3. The average molecular weight is 357 g/mol. The Morgan fingerprint density at radius 3 is 2.38 bits per heavy atom. The van der Waals surface area contributed by atoms with E-state index in [0.717, 1.165) is 32.4 Å². The molecule has 0 aromatic heterocycles. The van der Waals surface area contributed by atoms with E-state index in [4.69, 9.17) is 0 Å². The summed E-state index contributed by atoms with van der Waals surface area (Å²) in [5, 5.41) is 0. The van der Waals surface area contributed by atoms with E-state index in [1.54, 1.807) is 9.80 Å². The van der Waals surface area contributed by atoms with E-state index in [2.05, 4.69) is 24.0 Å². The summed E-state index contributed by atoms with van der Waals surface area (Å²) in [6, 6.07) is 7.63. The van der Waals surface area contributed by atoms with Gasteiger partial charge < -0.3 is 14.7 Å². The van der Waals surface area contributed by atoms with E-state index < -0.39 is 0 Å². The molecule has 2 fully saturated rings. The lowest BCUT2D eigenvalue weighted by atomic mass is 10.0. The Balaban J connectivity index is 1.72. The monoisotopic (exact) mass is 357 g/mol. The molecule has 5 heteroatoms. The Bertz CT molecular complexity index is 623. The lowest BCUT2D eigenvalue weighted by Crippen LogP contribution is -2.57. The second-order valence-corrected chi connectivity index (χ2v) is 7.51. The Hall–Kier alpha value is -2.04. The first-order valence-electron chi connectivity index (χ1n) is 10.0. The lowest BCUT2D eigenvalue weighted by Gasteiger charge is -2.39. The minimum Gasteiger partial charge on any atom is -0.372 e. The Morgan fingerprint density at radius 2 is 1.73 bits per heavy atom. The van der Waals surface area contributed by atoms with Crippen LogP contribution in [0.15, 0.2) is 24.3 Å². The number of rotatable bonds is 5. The van der Waals surface area contributed by atoms with Gasteiger partial charge in [-0.15, -0.1) is 0 Å². The van der Waals surface area contributed by atoms with E-state index in [-0.39, 0.29) is 17.9 Å². The maximum absolute atomic E-state index is 13.1. The molecule has 1 aromatic rings. The van der Waals surface area contributed by atoms with Crippen LogP contribution in [0, 0.1) is 0 Å². The summed E-state index contributed by atoms with van der Waals surface area (Å²) in [7, 11) is 1.83. The summed E-state index contributed by atoms with van der Waals surface area (Å²) < 4.78 is 0. The number of amides is 2. The van der Waals surface area contributed by atoms with Crippen molar-refractivity contribution in [1.82, 2.24) is 9.80 Å². The number of unbranched alkanes of at least 4 members (excludes halogenated alkanes) is 1. The van der Waals surface area contributed by atoms with Crippen molar-refractivity contribution in [2.24, 2.45) is 0 Å². The number of piperidine rings is 1. The van der Waals surface area contributed by atoms with Gasteiger partial charge in [-0.3, -0.25) is 9.59 Å². The maximum Gasteiger partial charge on any atom is 0.254 e. The van der Waals surface area contributed by atoms with E-state index >= 15 is 0 Å². The van der Waals surface area contributed by atoms with Gasteiger partial charge in [0.1, 0.15) is 6.04 Å². The predicted molar refractivity (Wildman–Crippen MR) is 104 cm³/mol. The molecule has 0 spiro atoms. The van der Waals surface area contributed by atoms with Crippen molar-refractivity contribution >= 4 is 17.5 Å². The van der Waals surface area contributed by atoms with Crippen molar-refractivity contribution in [3.63, 3.8) is 0 Å². The molecule has 2 aliphatic heterocycles. The Kier molecular flexibility index (Phi) is 6.17. The van der Waals surface area contributed by atoms with Gasteiger partial charge in [-0.25, -0.2) is 0 Å². The third-order valence-corrected chi connectivity index (χ3v) is 5.64. The Morgan fingerprint density at radius 1 is 1.04 bits per heavy atom. The van der Waals surface area contributed by atoms with E-state index in [0.29, 0.717) is 18.7 Å². The topological polar surface area (TPSA) is 43.9 Å². The molecule has 0 N–H and O–H groups in total. The molecular weight excluding hydrogens is 326 g/mol.